The summed E-state index contributed by atoms with van der Waals surface area (Å²) >= 11 is 4.84. The van der Waals surface area contributed by atoms with Gasteiger partial charge in [0.1, 0.15) is 5.82 Å². The Labute approximate surface area is 110 Å². The molecule has 18 heavy (non-hydrogen) atoms. The molecule has 0 bridgehead atoms. The molecule has 2 aromatic heterocycles. The first-order valence-electron chi connectivity index (χ1n) is 5.49. The van der Waals surface area contributed by atoms with E-state index in [1.54, 1.807) is 12.4 Å². The normalized spacial score (nSPS) is 10.3. The maximum absolute atomic E-state index is 11.6. The second-order valence-corrected chi connectivity index (χ2v) is 4.60. The van der Waals surface area contributed by atoms with Crippen LogP contribution < -0.4 is 10.5 Å². The fourth-order valence-corrected chi connectivity index (χ4v) is 1.73. The Hall–Kier alpha value is -1.95. The molecule has 2 rings (SSSR count). The number of anilines is 1. The van der Waals surface area contributed by atoms with E-state index in [0.717, 1.165) is 11.4 Å². The van der Waals surface area contributed by atoms with Crippen molar-refractivity contribution in [3.8, 4) is 0 Å². The zero-order valence-electron chi connectivity index (χ0n) is 10.2. The monoisotopic (exact) mass is 262 g/mol. The Bertz CT molecular complexity index is 642. The summed E-state index contributed by atoms with van der Waals surface area (Å²) in [4.78, 5) is 23.3. The Kier molecular flexibility index (Phi) is 3.57. The van der Waals surface area contributed by atoms with Gasteiger partial charge >= 0.3 is 0 Å². The predicted octanol–water partition coefficient (Wildman–Crippen LogP) is 1.48. The molecule has 0 aliphatic carbocycles. The summed E-state index contributed by atoms with van der Waals surface area (Å²) < 4.78 is 0.338. The number of pyridine rings is 1. The van der Waals surface area contributed by atoms with E-state index in [1.807, 2.05) is 31.1 Å². The third kappa shape index (κ3) is 2.84. The summed E-state index contributed by atoms with van der Waals surface area (Å²) in [6.45, 7) is 0. The first-order chi connectivity index (χ1) is 8.56. The van der Waals surface area contributed by atoms with Crippen molar-refractivity contribution < 1.29 is 0 Å². The van der Waals surface area contributed by atoms with Crippen molar-refractivity contribution in [3.63, 3.8) is 0 Å². The minimum Gasteiger partial charge on any atom is -0.363 e. The number of aromatic amines is 2. The zero-order chi connectivity index (χ0) is 13.1. The molecule has 2 heterocycles. The second-order valence-electron chi connectivity index (χ2n) is 4.19. The van der Waals surface area contributed by atoms with Gasteiger partial charge in [0.25, 0.3) is 5.56 Å². The van der Waals surface area contributed by atoms with E-state index in [9.17, 15) is 4.79 Å². The SMILES string of the molecule is CN(C)c1ccc(Cc2c[nH]c(=S)[nH]c2=O)cn1. The highest BCUT2D eigenvalue weighted by Gasteiger charge is 2.03. The van der Waals surface area contributed by atoms with Crippen molar-refractivity contribution in [1.82, 2.24) is 15.0 Å². The maximum Gasteiger partial charge on any atom is 0.255 e. The molecule has 0 aliphatic rings. The number of nitrogens with zero attached hydrogens (tertiary/aromatic N) is 2. The van der Waals surface area contributed by atoms with Crippen LogP contribution >= 0.6 is 12.2 Å². The molecule has 0 aromatic carbocycles. The molecular formula is C12H14N4OS. The van der Waals surface area contributed by atoms with E-state index in [2.05, 4.69) is 15.0 Å². The lowest BCUT2D eigenvalue weighted by molar-refractivity contribution is 0.995. The van der Waals surface area contributed by atoms with Crippen molar-refractivity contribution in [1.29, 1.82) is 0 Å². The van der Waals surface area contributed by atoms with Crippen LogP contribution in [0.25, 0.3) is 0 Å². The van der Waals surface area contributed by atoms with Crippen molar-refractivity contribution in [2.75, 3.05) is 19.0 Å². The molecule has 0 saturated carbocycles. The van der Waals surface area contributed by atoms with E-state index >= 15 is 0 Å². The molecule has 0 radical (unpaired) electrons. The average Bonchev–Trinajstić information content (AvgIpc) is 2.33. The van der Waals surface area contributed by atoms with Gasteiger partial charge in [0.15, 0.2) is 4.77 Å². The van der Waals surface area contributed by atoms with Gasteiger partial charge in [0.2, 0.25) is 0 Å². The lowest BCUT2D eigenvalue weighted by atomic mass is 10.1. The van der Waals surface area contributed by atoms with Gasteiger partial charge in [0.05, 0.1) is 0 Å². The minimum atomic E-state index is -0.157. The van der Waals surface area contributed by atoms with E-state index in [4.69, 9.17) is 12.2 Å². The van der Waals surface area contributed by atoms with Crippen molar-refractivity contribution in [3.05, 3.63) is 50.8 Å². The van der Waals surface area contributed by atoms with Crippen LogP contribution in [0.2, 0.25) is 0 Å². The van der Waals surface area contributed by atoms with Crippen LogP contribution in [0.4, 0.5) is 5.82 Å². The zero-order valence-corrected chi connectivity index (χ0v) is 11.0. The van der Waals surface area contributed by atoms with Crippen molar-refractivity contribution in [2.24, 2.45) is 0 Å². The quantitative estimate of drug-likeness (QED) is 0.822. The van der Waals surface area contributed by atoms with E-state index in [1.165, 1.54) is 0 Å². The lowest BCUT2D eigenvalue weighted by Gasteiger charge is -2.11. The summed E-state index contributed by atoms with van der Waals surface area (Å²) in [6, 6.07) is 3.89. The maximum atomic E-state index is 11.6. The smallest absolute Gasteiger partial charge is 0.255 e. The molecule has 0 aliphatic heterocycles. The molecule has 2 N–H and O–H groups in total. The third-order valence-corrected chi connectivity index (χ3v) is 2.78. The van der Waals surface area contributed by atoms with Crippen LogP contribution in [-0.4, -0.2) is 29.0 Å². The van der Waals surface area contributed by atoms with Crippen LogP contribution in [0, 0.1) is 4.77 Å². The van der Waals surface area contributed by atoms with Crippen molar-refractivity contribution in [2.45, 2.75) is 6.42 Å². The molecule has 0 spiro atoms. The molecule has 0 fully saturated rings. The molecule has 0 unspecified atom stereocenters. The van der Waals surface area contributed by atoms with Gasteiger partial charge < -0.3 is 9.88 Å². The van der Waals surface area contributed by atoms with E-state index in [-0.39, 0.29) is 5.56 Å². The molecule has 0 atom stereocenters. The average molecular weight is 262 g/mol. The Morgan fingerprint density at radius 1 is 1.39 bits per heavy atom. The number of hydrogen-bond donors (Lipinski definition) is 2. The Balaban J connectivity index is 2.23. The third-order valence-electron chi connectivity index (χ3n) is 2.56. The summed E-state index contributed by atoms with van der Waals surface area (Å²) in [6.07, 6.45) is 3.94. The summed E-state index contributed by atoms with van der Waals surface area (Å²) in [5.74, 6) is 0.889. The Morgan fingerprint density at radius 2 is 2.17 bits per heavy atom. The molecule has 6 heteroatoms. The first-order valence-corrected chi connectivity index (χ1v) is 5.90. The fraction of sp³-hybridized carbons (Fsp3) is 0.250. The Morgan fingerprint density at radius 3 is 2.72 bits per heavy atom. The van der Waals surface area contributed by atoms with Gasteiger partial charge in [-0.2, -0.15) is 0 Å². The summed E-state index contributed by atoms with van der Waals surface area (Å²) in [7, 11) is 3.87. The summed E-state index contributed by atoms with van der Waals surface area (Å²) in [5, 5.41) is 0. The van der Waals surface area contributed by atoms with Crippen LogP contribution in [-0.2, 0) is 6.42 Å². The second kappa shape index (κ2) is 5.14. The summed E-state index contributed by atoms with van der Waals surface area (Å²) in [5.41, 5.74) is 1.47. The lowest BCUT2D eigenvalue weighted by Crippen LogP contribution is -2.14. The van der Waals surface area contributed by atoms with E-state index in [0.29, 0.717) is 16.8 Å². The number of hydrogen-bond acceptors (Lipinski definition) is 4. The van der Waals surface area contributed by atoms with Gasteiger partial charge in [0, 0.05) is 38.5 Å². The topological polar surface area (TPSA) is 64.8 Å². The van der Waals surface area contributed by atoms with Crippen LogP contribution in [0.15, 0.2) is 29.3 Å². The minimum absolute atomic E-state index is 0.157. The molecule has 5 nitrogen and oxygen atoms in total. The van der Waals surface area contributed by atoms with Crippen molar-refractivity contribution >= 4 is 18.0 Å². The molecule has 0 amide bonds. The number of aromatic nitrogens is 3. The molecule has 0 saturated heterocycles. The molecular weight excluding hydrogens is 248 g/mol. The van der Waals surface area contributed by atoms with Gasteiger partial charge in [-0.1, -0.05) is 6.07 Å². The highest BCUT2D eigenvalue weighted by molar-refractivity contribution is 7.71. The van der Waals surface area contributed by atoms with Crippen LogP contribution in [0.5, 0.6) is 0 Å². The van der Waals surface area contributed by atoms with E-state index < -0.39 is 0 Å². The van der Waals surface area contributed by atoms with Gasteiger partial charge in [-0.25, -0.2) is 4.98 Å². The predicted molar refractivity (Wildman–Crippen MR) is 73.6 cm³/mol. The first kappa shape index (κ1) is 12.5. The molecule has 2 aromatic rings. The van der Waals surface area contributed by atoms with Crippen LogP contribution in [0.1, 0.15) is 11.1 Å². The number of H-pyrrole nitrogens is 2. The molecule has 94 valence electrons. The number of nitrogens with one attached hydrogen (secondary N) is 2. The standard InChI is InChI=1S/C12H14N4OS/c1-16(2)10-4-3-8(6-13-10)5-9-7-14-12(18)15-11(9)17/h3-4,6-7H,5H2,1-2H3,(H2,14,15,17,18). The van der Waals surface area contributed by atoms with Gasteiger partial charge in [-0.3, -0.25) is 9.78 Å². The van der Waals surface area contributed by atoms with Gasteiger partial charge in [-0.05, 0) is 23.8 Å². The van der Waals surface area contributed by atoms with Crippen LogP contribution in [0.3, 0.4) is 0 Å². The largest absolute Gasteiger partial charge is 0.363 e. The highest BCUT2D eigenvalue weighted by atomic mass is 32.1. The fourth-order valence-electron chi connectivity index (χ4n) is 1.57. The number of rotatable bonds is 3. The highest BCUT2D eigenvalue weighted by Crippen LogP contribution is 2.09. The van der Waals surface area contributed by atoms with Gasteiger partial charge in [-0.15, -0.1) is 0 Å².